The third-order valence-electron chi connectivity index (χ3n) is 3.44. The van der Waals surface area contributed by atoms with E-state index in [4.69, 9.17) is 4.74 Å². The highest BCUT2D eigenvalue weighted by Gasteiger charge is 2.17. The first-order chi connectivity index (χ1) is 11.0. The summed E-state index contributed by atoms with van der Waals surface area (Å²) in [6, 6.07) is 4.85. The summed E-state index contributed by atoms with van der Waals surface area (Å²) >= 11 is 0. The Kier molecular flexibility index (Phi) is 3.99. The fraction of sp³-hybridized carbons (Fsp3) is 0.267. The smallest absolute Gasteiger partial charge is 0.178 e. The Labute approximate surface area is 133 Å². The first-order valence-electron chi connectivity index (χ1n) is 7.20. The first kappa shape index (κ1) is 15.4. The van der Waals surface area contributed by atoms with Crippen molar-refractivity contribution in [3.05, 3.63) is 36.9 Å². The summed E-state index contributed by atoms with van der Waals surface area (Å²) in [5, 5.41) is 7.59. The molecule has 0 saturated carbocycles. The molecule has 0 radical (unpaired) electrons. The molecule has 0 aliphatic carbocycles. The Balaban J connectivity index is 2.14. The Bertz CT molecular complexity index is 917. The maximum Gasteiger partial charge on any atom is 0.178 e. The molecule has 0 atom stereocenters. The fourth-order valence-corrected chi connectivity index (χ4v) is 3.14. The molecule has 23 heavy (non-hydrogen) atoms. The second-order valence-corrected chi connectivity index (χ2v) is 7.14. The van der Waals surface area contributed by atoms with Crippen molar-refractivity contribution in [3.8, 4) is 17.0 Å². The van der Waals surface area contributed by atoms with Crippen LogP contribution in [-0.4, -0.2) is 40.4 Å². The Morgan fingerprint density at radius 1 is 1.22 bits per heavy atom. The van der Waals surface area contributed by atoms with E-state index in [1.54, 1.807) is 48.2 Å². The van der Waals surface area contributed by atoms with E-state index in [0.29, 0.717) is 23.7 Å². The second-order valence-electron chi connectivity index (χ2n) is 4.86. The zero-order valence-electron chi connectivity index (χ0n) is 12.8. The monoisotopic (exact) mass is 332 g/mol. The fourth-order valence-electron chi connectivity index (χ4n) is 2.25. The lowest BCUT2D eigenvalue weighted by atomic mass is 10.1. The predicted octanol–water partition coefficient (Wildman–Crippen LogP) is 1.98. The van der Waals surface area contributed by atoms with Crippen molar-refractivity contribution in [1.82, 2.24) is 19.6 Å². The van der Waals surface area contributed by atoms with Crippen LogP contribution >= 0.6 is 0 Å². The van der Waals surface area contributed by atoms with E-state index < -0.39 is 9.84 Å². The molecule has 2 heterocycles. The van der Waals surface area contributed by atoms with Gasteiger partial charge in [-0.2, -0.15) is 5.10 Å². The number of aromatic nitrogens is 4. The zero-order chi connectivity index (χ0) is 16.4. The molecule has 1 aromatic carbocycles. The SMILES string of the molecule is CCOc1cc(S(=O)(=O)CC)ccc1-c1cn2cnncc2n1. The van der Waals surface area contributed by atoms with Gasteiger partial charge in [0.2, 0.25) is 0 Å². The molecule has 8 heteroatoms. The van der Waals surface area contributed by atoms with Crippen molar-refractivity contribution in [2.75, 3.05) is 12.4 Å². The van der Waals surface area contributed by atoms with E-state index in [2.05, 4.69) is 15.2 Å². The summed E-state index contributed by atoms with van der Waals surface area (Å²) < 4.78 is 31.5. The maximum absolute atomic E-state index is 12.1. The summed E-state index contributed by atoms with van der Waals surface area (Å²) in [6.45, 7) is 3.90. The first-order valence-corrected chi connectivity index (χ1v) is 8.85. The van der Waals surface area contributed by atoms with Gasteiger partial charge in [-0.25, -0.2) is 13.4 Å². The van der Waals surface area contributed by atoms with E-state index in [1.807, 2.05) is 6.92 Å². The van der Waals surface area contributed by atoms with Crippen molar-refractivity contribution < 1.29 is 13.2 Å². The van der Waals surface area contributed by atoms with E-state index >= 15 is 0 Å². The molecule has 7 nitrogen and oxygen atoms in total. The van der Waals surface area contributed by atoms with Crippen LogP contribution in [0.5, 0.6) is 5.75 Å². The minimum atomic E-state index is -3.29. The van der Waals surface area contributed by atoms with Crippen LogP contribution in [0.25, 0.3) is 16.9 Å². The lowest BCUT2D eigenvalue weighted by Gasteiger charge is -2.10. The summed E-state index contributed by atoms with van der Waals surface area (Å²) in [4.78, 5) is 4.72. The Morgan fingerprint density at radius 2 is 2.04 bits per heavy atom. The van der Waals surface area contributed by atoms with Gasteiger partial charge in [0.1, 0.15) is 12.1 Å². The molecular formula is C15H16N4O3S. The van der Waals surface area contributed by atoms with Crippen LogP contribution < -0.4 is 4.74 Å². The number of hydrogen-bond acceptors (Lipinski definition) is 6. The molecule has 3 rings (SSSR count). The number of fused-ring (bicyclic) bond motifs is 1. The topological polar surface area (TPSA) is 86.5 Å². The molecule has 120 valence electrons. The van der Waals surface area contributed by atoms with Gasteiger partial charge < -0.3 is 4.74 Å². The molecule has 0 aliphatic heterocycles. The van der Waals surface area contributed by atoms with Crippen molar-refractivity contribution in [1.29, 1.82) is 0 Å². The summed E-state index contributed by atoms with van der Waals surface area (Å²) in [7, 11) is -3.29. The molecule has 0 amide bonds. The number of benzene rings is 1. The van der Waals surface area contributed by atoms with Gasteiger partial charge in [0.15, 0.2) is 15.5 Å². The van der Waals surface area contributed by atoms with E-state index in [1.165, 1.54) is 0 Å². The van der Waals surface area contributed by atoms with Gasteiger partial charge in [0, 0.05) is 11.8 Å². The highest BCUT2D eigenvalue weighted by atomic mass is 32.2. The molecule has 0 bridgehead atoms. The van der Waals surface area contributed by atoms with E-state index in [-0.39, 0.29) is 10.6 Å². The lowest BCUT2D eigenvalue weighted by molar-refractivity contribution is 0.340. The molecule has 0 fully saturated rings. The Morgan fingerprint density at radius 3 is 2.74 bits per heavy atom. The molecule has 2 aromatic heterocycles. The van der Waals surface area contributed by atoms with Crippen LogP contribution in [0.15, 0.2) is 41.8 Å². The van der Waals surface area contributed by atoms with E-state index in [9.17, 15) is 8.42 Å². The molecule has 3 aromatic rings. The largest absolute Gasteiger partial charge is 0.493 e. The van der Waals surface area contributed by atoms with Crippen LogP contribution in [-0.2, 0) is 9.84 Å². The van der Waals surface area contributed by atoms with Crippen LogP contribution in [0.3, 0.4) is 0 Å². The number of nitrogens with zero attached hydrogens (tertiary/aromatic N) is 4. The van der Waals surface area contributed by atoms with Crippen molar-refractivity contribution in [2.24, 2.45) is 0 Å². The quantitative estimate of drug-likeness (QED) is 0.710. The Hall–Kier alpha value is -2.48. The molecule has 0 unspecified atom stereocenters. The van der Waals surface area contributed by atoms with E-state index in [0.717, 1.165) is 5.56 Å². The van der Waals surface area contributed by atoms with Gasteiger partial charge in [-0.05, 0) is 25.1 Å². The number of hydrogen-bond donors (Lipinski definition) is 0. The van der Waals surface area contributed by atoms with Crippen LogP contribution in [0.4, 0.5) is 0 Å². The third-order valence-corrected chi connectivity index (χ3v) is 5.18. The third kappa shape index (κ3) is 2.89. The molecular weight excluding hydrogens is 316 g/mol. The van der Waals surface area contributed by atoms with Crippen LogP contribution in [0.1, 0.15) is 13.8 Å². The van der Waals surface area contributed by atoms with Gasteiger partial charge in [-0.1, -0.05) is 6.92 Å². The predicted molar refractivity (Wildman–Crippen MR) is 85.1 cm³/mol. The minimum absolute atomic E-state index is 0.0453. The highest BCUT2D eigenvalue weighted by molar-refractivity contribution is 7.91. The normalized spacial score (nSPS) is 11.7. The number of sulfone groups is 1. The zero-order valence-corrected chi connectivity index (χ0v) is 13.6. The molecule has 0 spiro atoms. The van der Waals surface area contributed by atoms with Gasteiger partial charge in [0.05, 0.1) is 29.1 Å². The average molecular weight is 332 g/mol. The second kappa shape index (κ2) is 5.96. The van der Waals surface area contributed by atoms with Crippen molar-refractivity contribution in [3.63, 3.8) is 0 Å². The summed E-state index contributed by atoms with van der Waals surface area (Å²) in [6.07, 6.45) is 4.91. The van der Waals surface area contributed by atoms with Gasteiger partial charge in [0.25, 0.3) is 0 Å². The number of ether oxygens (including phenoxy) is 1. The van der Waals surface area contributed by atoms with Gasteiger partial charge >= 0.3 is 0 Å². The molecule has 0 saturated heterocycles. The molecule has 0 aliphatic rings. The van der Waals surface area contributed by atoms with Crippen molar-refractivity contribution in [2.45, 2.75) is 18.7 Å². The van der Waals surface area contributed by atoms with Gasteiger partial charge in [-0.15, -0.1) is 5.10 Å². The highest BCUT2D eigenvalue weighted by Crippen LogP contribution is 2.32. The van der Waals surface area contributed by atoms with Gasteiger partial charge in [-0.3, -0.25) is 4.40 Å². The standard InChI is InChI=1S/C15H16N4O3S/c1-3-22-14-7-11(23(20,21)4-2)5-6-12(14)13-9-19-10-17-16-8-15(19)18-13/h5-10H,3-4H2,1-2H3. The average Bonchev–Trinajstić information content (AvgIpc) is 2.99. The summed E-state index contributed by atoms with van der Waals surface area (Å²) in [5.74, 6) is 0.537. The number of imidazole rings is 1. The summed E-state index contributed by atoms with van der Waals surface area (Å²) in [5.41, 5.74) is 2.05. The van der Waals surface area contributed by atoms with Crippen molar-refractivity contribution >= 4 is 15.5 Å². The van der Waals surface area contributed by atoms with Crippen LogP contribution in [0.2, 0.25) is 0 Å². The minimum Gasteiger partial charge on any atom is -0.493 e. The van der Waals surface area contributed by atoms with Crippen LogP contribution in [0, 0.1) is 0 Å². The molecule has 0 N–H and O–H groups in total. The lowest BCUT2D eigenvalue weighted by Crippen LogP contribution is -2.05. The number of rotatable bonds is 5. The maximum atomic E-state index is 12.1.